The average Bonchev–Trinajstić information content (AvgIpc) is 2.61. The largest absolute Gasteiger partial charge is 0.454 e. The van der Waals surface area contributed by atoms with Crippen LogP contribution in [-0.4, -0.2) is 39.0 Å². The zero-order chi connectivity index (χ0) is 20.0. The minimum atomic E-state index is -3.90. The summed E-state index contributed by atoms with van der Waals surface area (Å²) >= 11 is 5.74. The fourth-order valence-electron chi connectivity index (χ4n) is 3.00. The van der Waals surface area contributed by atoms with E-state index in [0.29, 0.717) is 10.9 Å². The summed E-state index contributed by atoms with van der Waals surface area (Å²) in [4.78, 5) is 24.0. The summed E-state index contributed by atoms with van der Waals surface area (Å²) in [5, 5.41) is 3.28. The maximum absolute atomic E-state index is 12.3. The van der Waals surface area contributed by atoms with Gasteiger partial charge in [-0.15, -0.1) is 0 Å². The third-order valence-electron chi connectivity index (χ3n) is 4.61. The van der Waals surface area contributed by atoms with Crippen LogP contribution < -0.4 is 10.0 Å². The number of carbonyl (C=O) groups is 2. The number of benzene rings is 1. The second kappa shape index (κ2) is 9.52. The molecule has 3 atom stereocenters. The topological polar surface area (TPSA) is 102 Å². The first-order valence-corrected chi connectivity index (χ1v) is 10.8. The molecule has 0 unspecified atom stereocenters. The summed E-state index contributed by atoms with van der Waals surface area (Å²) in [5.74, 6) is -0.808. The standard InChI is InChI=1S/C18H25ClN2O5S/c1-12-5-3-4-6-16(12)20-17(22)11-26-18(23)13(2)21-27(24,25)15-9-7-14(19)8-10-15/h7-10,12-13,16,21H,3-6,11H2,1-2H3,(H,20,22)/t12-,13-,16+/m0/s1. The third-order valence-corrected chi connectivity index (χ3v) is 6.42. The number of esters is 1. The number of nitrogens with one attached hydrogen (secondary N) is 2. The zero-order valence-corrected chi connectivity index (χ0v) is 17.0. The molecule has 1 amide bonds. The lowest BCUT2D eigenvalue weighted by Crippen LogP contribution is -2.44. The number of rotatable bonds is 7. The molecule has 1 aliphatic rings. The molecule has 1 saturated carbocycles. The summed E-state index contributed by atoms with van der Waals surface area (Å²) in [6.45, 7) is 3.01. The van der Waals surface area contributed by atoms with Crippen molar-refractivity contribution in [3.63, 3.8) is 0 Å². The number of sulfonamides is 1. The molecule has 0 bridgehead atoms. The maximum atomic E-state index is 12.3. The first-order valence-electron chi connectivity index (χ1n) is 8.93. The van der Waals surface area contributed by atoms with Crippen molar-refractivity contribution < 1.29 is 22.7 Å². The van der Waals surface area contributed by atoms with Crippen LogP contribution in [0, 0.1) is 5.92 Å². The molecule has 1 aliphatic carbocycles. The SMILES string of the molecule is C[C@H](NS(=O)(=O)c1ccc(Cl)cc1)C(=O)OCC(=O)N[C@@H]1CCCC[C@@H]1C. The van der Waals surface area contributed by atoms with Crippen molar-refractivity contribution in [1.29, 1.82) is 0 Å². The normalized spacial score (nSPS) is 21.3. The average molecular weight is 417 g/mol. The Labute approximate surface area is 164 Å². The van der Waals surface area contributed by atoms with E-state index in [1.54, 1.807) is 0 Å². The lowest BCUT2D eigenvalue weighted by atomic mass is 9.86. The van der Waals surface area contributed by atoms with Crippen molar-refractivity contribution in [1.82, 2.24) is 10.0 Å². The molecule has 0 spiro atoms. The van der Waals surface area contributed by atoms with Gasteiger partial charge < -0.3 is 10.1 Å². The van der Waals surface area contributed by atoms with Gasteiger partial charge in [-0.05, 0) is 49.9 Å². The molecule has 0 radical (unpaired) electrons. The van der Waals surface area contributed by atoms with E-state index in [4.69, 9.17) is 16.3 Å². The Bertz CT molecular complexity index is 766. The molecule has 0 saturated heterocycles. The molecular weight excluding hydrogens is 392 g/mol. The van der Waals surface area contributed by atoms with Crippen LogP contribution in [-0.2, 0) is 24.3 Å². The Morgan fingerprint density at radius 3 is 2.48 bits per heavy atom. The van der Waals surface area contributed by atoms with Gasteiger partial charge in [-0.2, -0.15) is 4.72 Å². The van der Waals surface area contributed by atoms with Gasteiger partial charge in [0.2, 0.25) is 10.0 Å². The highest BCUT2D eigenvalue weighted by atomic mass is 35.5. The zero-order valence-electron chi connectivity index (χ0n) is 15.4. The van der Waals surface area contributed by atoms with E-state index in [9.17, 15) is 18.0 Å². The van der Waals surface area contributed by atoms with Crippen LogP contribution in [0.4, 0.5) is 0 Å². The Morgan fingerprint density at radius 2 is 1.85 bits per heavy atom. The molecule has 7 nitrogen and oxygen atoms in total. The van der Waals surface area contributed by atoms with Crippen LogP contribution >= 0.6 is 11.6 Å². The van der Waals surface area contributed by atoms with Gasteiger partial charge in [0.25, 0.3) is 5.91 Å². The van der Waals surface area contributed by atoms with Crippen molar-refractivity contribution in [2.24, 2.45) is 5.92 Å². The number of amides is 1. The van der Waals surface area contributed by atoms with Gasteiger partial charge >= 0.3 is 5.97 Å². The smallest absolute Gasteiger partial charge is 0.324 e. The first kappa shape index (κ1) is 21.7. The highest BCUT2D eigenvalue weighted by Gasteiger charge is 2.25. The molecule has 9 heteroatoms. The van der Waals surface area contributed by atoms with E-state index in [1.165, 1.54) is 31.2 Å². The lowest BCUT2D eigenvalue weighted by molar-refractivity contribution is -0.150. The van der Waals surface area contributed by atoms with Crippen LogP contribution in [0.1, 0.15) is 39.5 Å². The monoisotopic (exact) mass is 416 g/mol. The van der Waals surface area contributed by atoms with Gasteiger partial charge in [-0.1, -0.05) is 31.4 Å². The molecule has 0 aliphatic heterocycles. The van der Waals surface area contributed by atoms with E-state index in [0.717, 1.165) is 25.7 Å². The molecule has 2 rings (SSSR count). The molecule has 27 heavy (non-hydrogen) atoms. The minimum absolute atomic E-state index is 0.0180. The van der Waals surface area contributed by atoms with Crippen LogP contribution in [0.3, 0.4) is 0 Å². The molecule has 150 valence electrons. The lowest BCUT2D eigenvalue weighted by Gasteiger charge is -2.29. The van der Waals surface area contributed by atoms with Crippen LogP contribution in [0.2, 0.25) is 5.02 Å². The van der Waals surface area contributed by atoms with Gasteiger partial charge in [-0.25, -0.2) is 8.42 Å². The number of halogens is 1. The van der Waals surface area contributed by atoms with Gasteiger partial charge in [0, 0.05) is 11.1 Å². The quantitative estimate of drug-likeness (QED) is 0.664. The summed E-state index contributed by atoms with van der Waals surface area (Å²) in [6, 6.07) is 4.51. The van der Waals surface area contributed by atoms with E-state index in [-0.39, 0.29) is 16.8 Å². The van der Waals surface area contributed by atoms with E-state index in [1.807, 2.05) is 0 Å². The van der Waals surface area contributed by atoms with Crippen molar-refractivity contribution in [2.45, 2.75) is 56.5 Å². The first-order chi connectivity index (χ1) is 12.7. The Kier molecular flexibility index (Phi) is 7.64. The molecule has 1 aromatic rings. The number of ether oxygens (including phenoxy) is 1. The molecule has 0 aromatic heterocycles. The van der Waals surface area contributed by atoms with Crippen LogP contribution in [0.25, 0.3) is 0 Å². The van der Waals surface area contributed by atoms with Crippen LogP contribution in [0.15, 0.2) is 29.2 Å². The maximum Gasteiger partial charge on any atom is 0.324 e. The molecule has 2 N–H and O–H groups in total. The summed E-state index contributed by atoms with van der Waals surface area (Å²) in [5.41, 5.74) is 0. The highest BCUT2D eigenvalue weighted by molar-refractivity contribution is 7.89. The van der Waals surface area contributed by atoms with Gasteiger partial charge in [0.1, 0.15) is 6.04 Å². The molecule has 1 aromatic carbocycles. The molecular formula is C18H25ClN2O5S. The van der Waals surface area contributed by atoms with E-state index < -0.39 is 28.6 Å². The number of hydrogen-bond acceptors (Lipinski definition) is 5. The third kappa shape index (κ3) is 6.48. The van der Waals surface area contributed by atoms with Gasteiger partial charge in [0.15, 0.2) is 6.61 Å². The second-order valence-electron chi connectivity index (χ2n) is 6.84. The summed E-state index contributed by atoms with van der Waals surface area (Å²) in [6.07, 6.45) is 4.21. The summed E-state index contributed by atoms with van der Waals surface area (Å²) in [7, 11) is -3.90. The predicted octanol–water partition coefficient (Wildman–Crippen LogP) is 2.24. The fourth-order valence-corrected chi connectivity index (χ4v) is 4.32. The van der Waals surface area contributed by atoms with Gasteiger partial charge in [0.05, 0.1) is 4.90 Å². The Morgan fingerprint density at radius 1 is 1.22 bits per heavy atom. The molecule has 1 fully saturated rings. The van der Waals surface area contributed by atoms with Crippen molar-refractivity contribution in [3.05, 3.63) is 29.3 Å². The van der Waals surface area contributed by atoms with Crippen molar-refractivity contribution in [3.8, 4) is 0 Å². The second-order valence-corrected chi connectivity index (χ2v) is 8.99. The Balaban J connectivity index is 1.82. The minimum Gasteiger partial charge on any atom is -0.454 e. The van der Waals surface area contributed by atoms with Gasteiger partial charge in [-0.3, -0.25) is 9.59 Å². The van der Waals surface area contributed by atoms with E-state index in [2.05, 4.69) is 17.0 Å². The van der Waals surface area contributed by atoms with Crippen LogP contribution in [0.5, 0.6) is 0 Å². The van der Waals surface area contributed by atoms with Crippen molar-refractivity contribution >= 4 is 33.5 Å². The molecule has 0 heterocycles. The Hall–Kier alpha value is -1.64. The number of carbonyl (C=O) groups excluding carboxylic acids is 2. The highest BCUT2D eigenvalue weighted by Crippen LogP contribution is 2.23. The van der Waals surface area contributed by atoms with E-state index >= 15 is 0 Å². The summed E-state index contributed by atoms with van der Waals surface area (Å²) < 4.78 is 31.7. The fraction of sp³-hybridized carbons (Fsp3) is 0.556. The predicted molar refractivity (Wildman–Crippen MR) is 102 cm³/mol. The van der Waals surface area contributed by atoms with Crippen molar-refractivity contribution in [2.75, 3.05) is 6.61 Å². The number of hydrogen-bond donors (Lipinski definition) is 2.